The van der Waals surface area contributed by atoms with Crippen LogP contribution in [0.2, 0.25) is 0 Å². The van der Waals surface area contributed by atoms with E-state index >= 15 is 0 Å². The second-order valence-electron chi connectivity index (χ2n) is 4.38. The number of hydrogen-bond donors (Lipinski definition) is 1. The number of carbonyl (C=O) groups is 1. The van der Waals surface area contributed by atoms with E-state index in [9.17, 15) is 9.18 Å². The van der Waals surface area contributed by atoms with Gasteiger partial charge in [0.15, 0.2) is 0 Å². The van der Waals surface area contributed by atoms with Gasteiger partial charge in [-0.3, -0.25) is 4.79 Å². The van der Waals surface area contributed by atoms with Gasteiger partial charge in [0.05, 0.1) is 12.1 Å². The molecule has 0 saturated carbocycles. The Morgan fingerprint density at radius 2 is 2.20 bits per heavy atom. The van der Waals surface area contributed by atoms with Crippen LogP contribution < -0.4 is 5.32 Å². The number of thioether (sulfide) groups is 1. The number of hydrogen-bond acceptors (Lipinski definition) is 4. The second-order valence-corrected chi connectivity index (χ2v) is 6.51. The Morgan fingerprint density at radius 3 is 2.85 bits per heavy atom. The van der Waals surface area contributed by atoms with Gasteiger partial charge in [-0.2, -0.15) is 0 Å². The van der Waals surface area contributed by atoms with Crippen LogP contribution in [-0.4, -0.2) is 17.1 Å². The molecule has 0 atom stereocenters. The van der Waals surface area contributed by atoms with Crippen molar-refractivity contribution in [3.8, 4) is 0 Å². The summed E-state index contributed by atoms with van der Waals surface area (Å²) in [6.45, 7) is 3.73. The number of benzene rings is 1. The molecule has 1 aromatic carbocycles. The van der Waals surface area contributed by atoms with Crippen LogP contribution in [0, 0.1) is 19.7 Å². The summed E-state index contributed by atoms with van der Waals surface area (Å²) in [5.74, 6) is -0.511. The molecule has 106 valence electrons. The number of rotatable bonds is 4. The van der Waals surface area contributed by atoms with Crippen molar-refractivity contribution in [2.45, 2.75) is 24.6 Å². The van der Waals surface area contributed by atoms with Crippen molar-refractivity contribution in [2.24, 2.45) is 0 Å². The summed E-state index contributed by atoms with van der Waals surface area (Å²) in [4.78, 5) is 17.3. The van der Waals surface area contributed by atoms with Gasteiger partial charge in [0.2, 0.25) is 5.91 Å². The summed E-state index contributed by atoms with van der Waals surface area (Å²) in [6.07, 6.45) is 2.22. The van der Waals surface area contributed by atoms with E-state index in [2.05, 4.69) is 10.3 Å². The second kappa shape index (κ2) is 6.37. The van der Waals surface area contributed by atoms with Crippen molar-refractivity contribution in [2.75, 3.05) is 11.6 Å². The van der Waals surface area contributed by atoms with E-state index in [4.69, 9.17) is 0 Å². The monoisotopic (exact) mass is 310 g/mol. The molecule has 20 heavy (non-hydrogen) atoms. The molecule has 1 aromatic heterocycles. The molecule has 1 heterocycles. The molecule has 6 heteroatoms. The minimum Gasteiger partial charge on any atom is -0.325 e. The third kappa shape index (κ3) is 3.58. The van der Waals surface area contributed by atoms with Crippen LogP contribution in [0.1, 0.15) is 16.1 Å². The fourth-order valence-corrected chi connectivity index (χ4v) is 3.38. The van der Waals surface area contributed by atoms with Crippen LogP contribution in [0.5, 0.6) is 0 Å². The van der Waals surface area contributed by atoms with Crippen molar-refractivity contribution in [1.82, 2.24) is 4.98 Å². The smallest absolute Gasteiger partial charge is 0.229 e. The number of carbonyl (C=O) groups excluding carboxylic acids is 1. The largest absolute Gasteiger partial charge is 0.325 e. The maximum absolute atomic E-state index is 13.2. The normalized spacial score (nSPS) is 10.6. The molecule has 0 aliphatic carbocycles. The molecule has 2 aromatic rings. The summed E-state index contributed by atoms with van der Waals surface area (Å²) in [7, 11) is 0. The van der Waals surface area contributed by atoms with Crippen molar-refractivity contribution >= 4 is 34.7 Å². The average molecular weight is 310 g/mol. The first-order chi connectivity index (χ1) is 9.49. The number of anilines is 1. The highest BCUT2D eigenvalue weighted by atomic mass is 32.2. The standard InChI is InChI=1S/C14H15FN2OS2/c1-8-4-5-10(15)6-11(8)17-13(18)7-12-9(2)16-14(19-3)20-12/h4-6H,7H2,1-3H3,(H,17,18). The summed E-state index contributed by atoms with van der Waals surface area (Å²) in [5.41, 5.74) is 2.23. The van der Waals surface area contributed by atoms with Gasteiger partial charge < -0.3 is 5.32 Å². The van der Waals surface area contributed by atoms with Gasteiger partial charge in [-0.1, -0.05) is 17.8 Å². The third-order valence-electron chi connectivity index (χ3n) is 2.84. The summed E-state index contributed by atoms with van der Waals surface area (Å²) < 4.78 is 14.1. The van der Waals surface area contributed by atoms with E-state index < -0.39 is 0 Å². The van der Waals surface area contributed by atoms with Gasteiger partial charge in [0, 0.05) is 10.6 Å². The molecule has 1 amide bonds. The Balaban J connectivity index is 2.08. The predicted octanol–water partition coefficient (Wildman–Crippen LogP) is 3.80. The van der Waals surface area contributed by atoms with E-state index in [1.807, 2.05) is 20.1 Å². The summed E-state index contributed by atoms with van der Waals surface area (Å²) >= 11 is 3.09. The van der Waals surface area contributed by atoms with Crippen LogP contribution in [0.25, 0.3) is 0 Å². The molecule has 0 saturated heterocycles. The first kappa shape index (κ1) is 15.0. The maximum atomic E-state index is 13.2. The Kier molecular flexibility index (Phi) is 4.77. The van der Waals surface area contributed by atoms with E-state index in [1.165, 1.54) is 23.5 Å². The summed E-state index contributed by atoms with van der Waals surface area (Å²) in [6, 6.07) is 4.36. The number of nitrogens with zero attached hydrogens (tertiary/aromatic N) is 1. The SMILES string of the molecule is CSc1nc(C)c(CC(=O)Nc2cc(F)ccc2C)s1. The topological polar surface area (TPSA) is 42.0 Å². The number of thiazole rings is 1. The molecule has 0 aliphatic rings. The van der Waals surface area contributed by atoms with Crippen molar-refractivity contribution in [3.05, 3.63) is 40.2 Å². The highest BCUT2D eigenvalue weighted by Crippen LogP contribution is 2.26. The quantitative estimate of drug-likeness (QED) is 0.873. The number of aryl methyl sites for hydroxylation is 2. The first-order valence-corrected chi connectivity index (χ1v) is 8.10. The van der Waals surface area contributed by atoms with Crippen molar-refractivity contribution in [3.63, 3.8) is 0 Å². The zero-order valence-corrected chi connectivity index (χ0v) is 13.1. The van der Waals surface area contributed by atoms with Gasteiger partial charge in [-0.25, -0.2) is 9.37 Å². The lowest BCUT2D eigenvalue weighted by Gasteiger charge is -2.08. The summed E-state index contributed by atoms with van der Waals surface area (Å²) in [5, 5.41) is 2.75. The molecule has 0 unspecified atom stereocenters. The third-order valence-corrected chi connectivity index (χ3v) is 4.99. The van der Waals surface area contributed by atoms with E-state index in [0.29, 0.717) is 5.69 Å². The van der Waals surface area contributed by atoms with E-state index in [0.717, 1.165) is 20.5 Å². The molecule has 2 rings (SSSR count). The zero-order chi connectivity index (χ0) is 14.7. The zero-order valence-electron chi connectivity index (χ0n) is 11.5. The molecule has 1 N–H and O–H groups in total. The molecular formula is C14H15FN2OS2. The minimum atomic E-state index is -0.357. The molecule has 0 radical (unpaired) electrons. The Hall–Kier alpha value is -1.40. The average Bonchev–Trinajstić information content (AvgIpc) is 2.74. The van der Waals surface area contributed by atoms with Crippen LogP contribution >= 0.6 is 23.1 Å². The van der Waals surface area contributed by atoms with Gasteiger partial charge in [-0.05, 0) is 37.8 Å². The van der Waals surface area contributed by atoms with Crippen molar-refractivity contribution in [1.29, 1.82) is 0 Å². The van der Waals surface area contributed by atoms with Crippen LogP contribution in [-0.2, 0) is 11.2 Å². The minimum absolute atomic E-state index is 0.155. The Labute approximate surface area is 125 Å². The lowest BCUT2D eigenvalue weighted by Crippen LogP contribution is -2.15. The molecule has 3 nitrogen and oxygen atoms in total. The lowest BCUT2D eigenvalue weighted by molar-refractivity contribution is -0.115. The molecule has 0 fully saturated rings. The molecule has 0 spiro atoms. The molecule has 0 aliphatic heterocycles. The lowest BCUT2D eigenvalue weighted by atomic mass is 10.2. The van der Waals surface area contributed by atoms with Crippen molar-refractivity contribution < 1.29 is 9.18 Å². The van der Waals surface area contributed by atoms with Gasteiger partial charge in [-0.15, -0.1) is 11.3 Å². The number of amides is 1. The molecular weight excluding hydrogens is 295 g/mol. The van der Waals surface area contributed by atoms with Gasteiger partial charge in [0.1, 0.15) is 10.2 Å². The number of aromatic nitrogens is 1. The maximum Gasteiger partial charge on any atom is 0.229 e. The van der Waals surface area contributed by atoms with Crippen LogP contribution in [0.15, 0.2) is 22.5 Å². The Bertz CT molecular complexity index is 640. The van der Waals surface area contributed by atoms with E-state index in [1.54, 1.807) is 17.8 Å². The fourth-order valence-electron chi connectivity index (χ4n) is 1.72. The highest BCUT2D eigenvalue weighted by Gasteiger charge is 2.12. The van der Waals surface area contributed by atoms with Gasteiger partial charge >= 0.3 is 0 Å². The van der Waals surface area contributed by atoms with Crippen LogP contribution in [0.4, 0.5) is 10.1 Å². The fraction of sp³-hybridized carbons (Fsp3) is 0.286. The molecule has 0 bridgehead atoms. The van der Waals surface area contributed by atoms with Crippen LogP contribution in [0.3, 0.4) is 0 Å². The Morgan fingerprint density at radius 1 is 1.45 bits per heavy atom. The number of halogens is 1. The number of nitrogens with one attached hydrogen (secondary N) is 1. The van der Waals surface area contributed by atoms with Gasteiger partial charge in [0.25, 0.3) is 0 Å². The highest BCUT2D eigenvalue weighted by molar-refractivity contribution is 8.00. The first-order valence-electron chi connectivity index (χ1n) is 6.06. The predicted molar refractivity (Wildman–Crippen MR) is 82.1 cm³/mol. The van der Waals surface area contributed by atoms with E-state index in [-0.39, 0.29) is 18.1 Å².